The zero-order chi connectivity index (χ0) is 13.3. The third-order valence-corrected chi connectivity index (χ3v) is 3.96. The highest BCUT2D eigenvalue weighted by Gasteiger charge is 2.24. The lowest BCUT2D eigenvalue weighted by Gasteiger charge is -2.26. The van der Waals surface area contributed by atoms with Crippen molar-refractivity contribution in [3.05, 3.63) is 28.0 Å². The van der Waals surface area contributed by atoms with Crippen molar-refractivity contribution in [3.63, 3.8) is 0 Å². The first-order chi connectivity index (χ1) is 8.52. The third kappa shape index (κ3) is 2.35. The van der Waals surface area contributed by atoms with Crippen LogP contribution in [0.3, 0.4) is 0 Å². The zero-order valence-electron chi connectivity index (χ0n) is 10.0. The van der Waals surface area contributed by atoms with E-state index in [9.17, 15) is 4.39 Å². The molecule has 1 saturated heterocycles. The van der Waals surface area contributed by atoms with Crippen molar-refractivity contribution in [2.45, 2.75) is 12.5 Å². The molecule has 18 heavy (non-hydrogen) atoms. The average molecular weight is 316 g/mol. The molecule has 0 bridgehead atoms. The molecule has 0 aliphatic carbocycles. The fraction of sp³-hybridized carbons (Fsp3) is 0.417. The van der Waals surface area contributed by atoms with Crippen LogP contribution in [0.15, 0.2) is 16.6 Å². The Balaban J connectivity index is 2.34. The Labute approximate surface area is 114 Å². The number of amidine groups is 1. The number of nitrogens with two attached hydrogens (primary N) is 1. The Bertz CT molecular complexity index is 475. The van der Waals surface area contributed by atoms with E-state index in [2.05, 4.69) is 15.9 Å². The van der Waals surface area contributed by atoms with Gasteiger partial charge in [0.25, 0.3) is 0 Å². The maximum absolute atomic E-state index is 14.2. The summed E-state index contributed by atoms with van der Waals surface area (Å²) in [5.41, 5.74) is 6.24. The first-order valence-corrected chi connectivity index (χ1v) is 6.44. The number of ether oxygens (including phenoxy) is 1. The van der Waals surface area contributed by atoms with Crippen molar-refractivity contribution in [1.29, 1.82) is 5.41 Å². The summed E-state index contributed by atoms with van der Waals surface area (Å²) >= 11 is 3.15. The number of halogens is 2. The van der Waals surface area contributed by atoms with E-state index in [4.69, 9.17) is 15.9 Å². The first kappa shape index (κ1) is 13.3. The predicted molar refractivity (Wildman–Crippen MR) is 72.7 cm³/mol. The number of nitrogen functional groups attached to an aromatic ring is 1. The van der Waals surface area contributed by atoms with Gasteiger partial charge in [0.1, 0.15) is 5.84 Å². The summed E-state index contributed by atoms with van der Waals surface area (Å²) in [6.45, 7) is 1.32. The molecule has 0 spiro atoms. The molecule has 1 heterocycles. The predicted octanol–water partition coefficient (Wildman–Crippen LogP) is 2.10. The molecule has 98 valence electrons. The molecule has 2 rings (SSSR count). The topological polar surface area (TPSA) is 62.3 Å². The molecule has 1 aliphatic heterocycles. The van der Waals surface area contributed by atoms with Crippen molar-refractivity contribution >= 4 is 27.5 Å². The van der Waals surface area contributed by atoms with E-state index in [1.54, 1.807) is 12.1 Å². The van der Waals surface area contributed by atoms with Crippen LogP contribution in [0, 0.1) is 11.2 Å². The second-order valence-electron chi connectivity index (χ2n) is 4.30. The van der Waals surface area contributed by atoms with Crippen LogP contribution in [0.5, 0.6) is 0 Å². The summed E-state index contributed by atoms with van der Waals surface area (Å²) in [4.78, 5) is 1.87. The molecule has 1 atom stereocenters. The van der Waals surface area contributed by atoms with Gasteiger partial charge in [-0.25, -0.2) is 4.39 Å². The third-order valence-electron chi connectivity index (χ3n) is 3.19. The van der Waals surface area contributed by atoms with E-state index in [0.29, 0.717) is 24.5 Å². The highest BCUT2D eigenvalue weighted by atomic mass is 79.9. The van der Waals surface area contributed by atoms with Gasteiger partial charge in [-0.05, 0) is 34.5 Å². The standard InChI is InChI=1S/C12H15BrFN3O/c1-17(7-4-5-18-6-7)9-3-2-8(12(15)16)10(13)11(9)14/h2-3,7H,4-6H2,1H3,(H3,15,16). The van der Waals surface area contributed by atoms with Crippen molar-refractivity contribution in [1.82, 2.24) is 0 Å². The maximum atomic E-state index is 14.2. The van der Waals surface area contributed by atoms with Gasteiger partial charge in [0.2, 0.25) is 0 Å². The molecule has 6 heteroatoms. The molecule has 0 amide bonds. The van der Waals surface area contributed by atoms with Crippen LogP contribution in [0.25, 0.3) is 0 Å². The summed E-state index contributed by atoms with van der Waals surface area (Å²) in [6, 6.07) is 3.49. The SMILES string of the molecule is CN(c1ccc(C(=N)N)c(Br)c1F)C1CCOC1. The first-order valence-electron chi connectivity index (χ1n) is 5.65. The normalized spacial score (nSPS) is 18.9. The molecule has 1 aromatic carbocycles. The number of hydrogen-bond donors (Lipinski definition) is 2. The van der Waals surface area contributed by atoms with Gasteiger partial charge in [-0.2, -0.15) is 0 Å². The molecule has 1 fully saturated rings. The summed E-state index contributed by atoms with van der Waals surface area (Å²) in [5, 5.41) is 7.37. The molecule has 0 saturated carbocycles. The lowest BCUT2D eigenvalue weighted by atomic mass is 10.1. The van der Waals surface area contributed by atoms with E-state index in [1.807, 2.05) is 11.9 Å². The van der Waals surface area contributed by atoms with E-state index in [-0.39, 0.29) is 16.4 Å². The zero-order valence-corrected chi connectivity index (χ0v) is 11.6. The summed E-state index contributed by atoms with van der Waals surface area (Å²) < 4.78 is 19.8. The van der Waals surface area contributed by atoms with Crippen LogP contribution in [0.1, 0.15) is 12.0 Å². The van der Waals surface area contributed by atoms with Crippen LogP contribution in [0.4, 0.5) is 10.1 Å². The molecule has 4 nitrogen and oxygen atoms in total. The number of nitrogens with one attached hydrogen (secondary N) is 1. The quantitative estimate of drug-likeness (QED) is 0.663. The minimum atomic E-state index is -0.392. The Morgan fingerprint density at radius 1 is 1.61 bits per heavy atom. The second-order valence-corrected chi connectivity index (χ2v) is 5.10. The molecule has 0 aromatic heterocycles. The Kier molecular flexibility index (Phi) is 3.87. The largest absolute Gasteiger partial charge is 0.384 e. The van der Waals surface area contributed by atoms with Gasteiger partial charge in [0.05, 0.1) is 22.8 Å². The van der Waals surface area contributed by atoms with Crippen molar-refractivity contribution in [2.24, 2.45) is 5.73 Å². The Morgan fingerprint density at radius 2 is 2.33 bits per heavy atom. The fourth-order valence-electron chi connectivity index (χ4n) is 2.04. The van der Waals surface area contributed by atoms with Gasteiger partial charge in [0, 0.05) is 19.2 Å². The number of nitrogens with zero attached hydrogens (tertiary/aromatic N) is 1. The Hall–Kier alpha value is -1.14. The van der Waals surface area contributed by atoms with Crippen LogP contribution < -0.4 is 10.6 Å². The molecule has 1 aromatic rings. The molecular weight excluding hydrogens is 301 g/mol. The minimum absolute atomic E-state index is 0.154. The van der Waals surface area contributed by atoms with E-state index in [0.717, 1.165) is 6.42 Å². The summed E-state index contributed by atoms with van der Waals surface area (Å²) in [6.07, 6.45) is 0.891. The summed E-state index contributed by atoms with van der Waals surface area (Å²) in [5.74, 6) is -0.545. The van der Waals surface area contributed by atoms with Gasteiger partial charge >= 0.3 is 0 Å². The highest BCUT2D eigenvalue weighted by Crippen LogP contribution is 2.30. The number of rotatable bonds is 3. The number of likely N-dealkylation sites (N-methyl/N-ethyl adjacent to an activating group) is 1. The number of hydrogen-bond acceptors (Lipinski definition) is 3. The molecule has 0 radical (unpaired) electrons. The lowest BCUT2D eigenvalue weighted by molar-refractivity contribution is 0.193. The van der Waals surface area contributed by atoms with Crippen molar-refractivity contribution < 1.29 is 9.13 Å². The van der Waals surface area contributed by atoms with Crippen LogP contribution in [-0.2, 0) is 4.74 Å². The monoisotopic (exact) mass is 315 g/mol. The minimum Gasteiger partial charge on any atom is -0.384 e. The molecule has 3 N–H and O–H groups in total. The Morgan fingerprint density at radius 3 is 2.89 bits per heavy atom. The van der Waals surface area contributed by atoms with Crippen LogP contribution in [-0.4, -0.2) is 32.1 Å². The van der Waals surface area contributed by atoms with Gasteiger partial charge in [0.15, 0.2) is 5.82 Å². The van der Waals surface area contributed by atoms with Crippen molar-refractivity contribution in [2.75, 3.05) is 25.2 Å². The van der Waals surface area contributed by atoms with Gasteiger partial charge in [-0.3, -0.25) is 5.41 Å². The molecular formula is C12H15BrFN3O. The average Bonchev–Trinajstić information content (AvgIpc) is 2.85. The van der Waals surface area contributed by atoms with Gasteiger partial charge in [-0.1, -0.05) is 0 Å². The van der Waals surface area contributed by atoms with Gasteiger partial charge in [-0.15, -0.1) is 0 Å². The summed E-state index contributed by atoms with van der Waals surface area (Å²) in [7, 11) is 1.84. The van der Waals surface area contributed by atoms with E-state index < -0.39 is 5.82 Å². The van der Waals surface area contributed by atoms with Crippen molar-refractivity contribution in [3.8, 4) is 0 Å². The van der Waals surface area contributed by atoms with E-state index in [1.165, 1.54) is 0 Å². The van der Waals surface area contributed by atoms with E-state index >= 15 is 0 Å². The van der Waals surface area contributed by atoms with Crippen LogP contribution >= 0.6 is 15.9 Å². The fourth-order valence-corrected chi connectivity index (χ4v) is 2.59. The number of benzene rings is 1. The van der Waals surface area contributed by atoms with Gasteiger partial charge < -0.3 is 15.4 Å². The number of anilines is 1. The lowest BCUT2D eigenvalue weighted by Crippen LogP contribution is -2.32. The highest BCUT2D eigenvalue weighted by molar-refractivity contribution is 9.10. The van der Waals surface area contributed by atoms with Crippen LogP contribution in [0.2, 0.25) is 0 Å². The maximum Gasteiger partial charge on any atom is 0.161 e. The second kappa shape index (κ2) is 5.24. The molecule has 1 aliphatic rings. The smallest absolute Gasteiger partial charge is 0.161 e. The molecule has 1 unspecified atom stereocenters.